The number of aliphatic hydroxyl groups is 1. The van der Waals surface area contributed by atoms with Crippen LogP contribution >= 0.6 is 15.6 Å². The van der Waals surface area contributed by atoms with Crippen molar-refractivity contribution >= 4 is 39.5 Å². The molecule has 0 heterocycles. The van der Waals surface area contributed by atoms with Crippen LogP contribution in [0.4, 0.5) is 0 Å². The number of rotatable bonds is 82. The maximum atomic E-state index is 13.1. The SMILES string of the molecule is CCCCCCCCCCCCCCCCCCCCCC(=O)O[C@H](COC(=O)CCCCCCCCCCCCCCCCCCCC)COP(=O)(O)OC[C@@H](O)COP(=O)(O)OC[C@@H](COC(=O)CCCCCCCCCCCC(C)C)OC(=O)CCCCCCCCCCCCC(C)C. The van der Waals surface area contributed by atoms with E-state index in [9.17, 15) is 43.2 Å². The van der Waals surface area contributed by atoms with E-state index in [1.54, 1.807) is 0 Å². The van der Waals surface area contributed by atoms with Gasteiger partial charge in [-0.05, 0) is 37.5 Å². The second kappa shape index (κ2) is 74.5. The molecule has 0 saturated heterocycles. The molecule has 0 aliphatic heterocycles. The van der Waals surface area contributed by atoms with Crippen molar-refractivity contribution in [2.75, 3.05) is 39.6 Å². The van der Waals surface area contributed by atoms with Crippen molar-refractivity contribution in [1.29, 1.82) is 0 Å². The lowest BCUT2D eigenvalue weighted by Crippen LogP contribution is -2.30. The van der Waals surface area contributed by atoms with Gasteiger partial charge in [0.25, 0.3) is 0 Å². The van der Waals surface area contributed by atoms with Gasteiger partial charge in [0.1, 0.15) is 19.3 Å². The number of carbonyl (C=O) groups is 4. The van der Waals surface area contributed by atoms with Crippen LogP contribution in [0.5, 0.6) is 0 Å². The van der Waals surface area contributed by atoms with Crippen LogP contribution in [0.15, 0.2) is 0 Å². The van der Waals surface area contributed by atoms with Crippen LogP contribution < -0.4 is 0 Å². The summed E-state index contributed by atoms with van der Waals surface area (Å²) in [5, 5.41) is 10.7. The number of phosphoric acid groups is 2. The summed E-state index contributed by atoms with van der Waals surface area (Å²) in [4.78, 5) is 73.1. The first-order chi connectivity index (χ1) is 49.4. The zero-order valence-electron chi connectivity index (χ0n) is 66.9. The monoisotopic (exact) mass is 1490 g/mol. The molecule has 0 aliphatic rings. The largest absolute Gasteiger partial charge is 0.472 e. The average Bonchev–Trinajstić information content (AvgIpc) is 0.911. The minimum atomic E-state index is -4.96. The van der Waals surface area contributed by atoms with Gasteiger partial charge in [-0.1, -0.05) is 388 Å². The average molecular weight is 1490 g/mol. The molecule has 0 radical (unpaired) electrons. The maximum absolute atomic E-state index is 13.1. The fraction of sp³-hybridized carbons (Fsp3) is 0.952. The quantitative estimate of drug-likeness (QED) is 0.0222. The summed E-state index contributed by atoms with van der Waals surface area (Å²) < 4.78 is 68.8. The molecule has 19 heteroatoms. The Kier molecular flexibility index (Phi) is 73.1. The van der Waals surface area contributed by atoms with E-state index in [0.717, 1.165) is 102 Å². The molecule has 0 aromatic rings. The smallest absolute Gasteiger partial charge is 0.462 e. The topological polar surface area (TPSA) is 237 Å². The van der Waals surface area contributed by atoms with E-state index in [1.165, 1.54) is 257 Å². The lowest BCUT2D eigenvalue weighted by Gasteiger charge is -2.21. The number of aliphatic hydroxyl groups excluding tert-OH is 1. The molecular weight excluding hydrogens is 1330 g/mol. The first-order valence-electron chi connectivity index (χ1n) is 43.0. The van der Waals surface area contributed by atoms with Crippen molar-refractivity contribution in [2.24, 2.45) is 11.8 Å². The Bertz CT molecular complexity index is 1960. The van der Waals surface area contributed by atoms with Crippen molar-refractivity contribution in [1.82, 2.24) is 0 Å². The molecule has 0 bridgehead atoms. The highest BCUT2D eigenvalue weighted by Gasteiger charge is 2.30. The van der Waals surface area contributed by atoms with Gasteiger partial charge in [0.15, 0.2) is 12.2 Å². The standard InChI is InChI=1S/C83H162O17P2/c1-7-9-11-13-15-17-19-21-23-25-27-29-31-33-35-42-49-55-61-67-82(87)99-78(71-93-80(85)65-59-53-47-41-34-32-30-28-26-24-22-20-18-16-14-12-10-8-2)73-97-101(89,90)95-69-77(84)70-96-102(91,92)98-74-79(72-94-81(86)66-60-54-48-44-38-40-46-52-58-64-76(5)6)100-83(88)68-62-56-50-43-37-36-39-45-51-57-63-75(3)4/h75-79,84H,7-74H2,1-6H3,(H,89,90)(H,91,92)/t77-,78-,79-/m1/s1. The van der Waals surface area contributed by atoms with Gasteiger partial charge in [-0.3, -0.25) is 37.3 Å². The van der Waals surface area contributed by atoms with E-state index in [-0.39, 0.29) is 25.7 Å². The first kappa shape index (κ1) is 100. The Labute approximate surface area is 626 Å². The van der Waals surface area contributed by atoms with E-state index < -0.39 is 97.5 Å². The molecule has 17 nitrogen and oxygen atoms in total. The van der Waals surface area contributed by atoms with Crippen LogP contribution in [0.3, 0.4) is 0 Å². The van der Waals surface area contributed by atoms with Crippen molar-refractivity contribution in [3.8, 4) is 0 Å². The van der Waals surface area contributed by atoms with Crippen molar-refractivity contribution in [3.63, 3.8) is 0 Å². The number of hydrogen-bond acceptors (Lipinski definition) is 15. The fourth-order valence-corrected chi connectivity index (χ4v) is 14.5. The zero-order valence-corrected chi connectivity index (χ0v) is 68.7. The number of unbranched alkanes of at least 4 members (excludes halogenated alkanes) is 52. The molecule has 0 rings (SSSR count). The molecule has 606 valence electrons. The summed E-state index contributed by atoms with van der Waals surface area (Å²) in [5.74, 6) is -0.610. The van der Waals surface area contributed by atoms with E-state index in [4.69, 9.17) is 37.0 Å². The van der Waals surface area contributed by atoms with E-state index in [2.05, 4.69) is 41.5 Å². The lowest BCUT2D eigenvalue weighted by atomic mass is 10.0. The Morgan fingerprint density at radius 2 is 0.451 bits per heavy atom. The van der Waals surface area contributed by atoms with E-state index in [0.29, 0.717) is 25.7 Å². The summed E-state index contributed by atoms with van der Waals surface area (Å²) in [7, 11) is -9.92. The molecule has 0 aromatic carbocycles. The maximum Gasteiger partial charge on any atom is 0.472 e. The number of hydrogen-bond donors (Lipinski definition) is 3. The van der Waals surface area contributed by atoms with Crippen molar-refractivity contribution < 1.29 is 80.2 Å². The predicted octanol–water partition coefficient (Wildman–Crippen LogP) is 25.1. The third-order valence-electron chi connectivity index (χ3n) is 19.5. The molecular formula is C83H162O17P2. The lowest BCUT2D eigenvalue weighted by molar-refractivity contribution is -0.161. The Balaban J connectivity index is 5.25. The molecule has 0 amide bonds. The van der Waals surface area contributed by atoms with Gasteiger partial charge in [0.05, 0.1) is 26.4 Å². The molecule has 102 heavy (non-hydrogen) atoms. The Hall–Kier alpha value is -1.94. The number of esters is 4. The Morgan fingerprint density at radius 1 is 0.265 bits per heavy atom. The van der Waals surface area contributed by atoms with Gasteiger partial charge >= 0.3 is 39.5 Å². The molecule has 2 unspecified atom stereocenters. The zero-order chi connectivity index (χ0) is 74.9. The summed E-state index contributed by atoms with van der Waals surface area (Å²) in [6, 6.07) is 0. The molecule has 0 saturated carbocycles. The number of ether oxygens (including phenoxy) is 4. The number of carbonyl (C=O) groups excluding carboxylic acids is 4. The van der Waals surface area contributed by atoms with Crippen molar-refractivity contribution in [3.05, 3.63) is 0 Å². The first-order valence-corrected chi connectivity index (χ1v) is 46.0. The van der Waals surface area contributed by atoms with Crippen LogP contribution in [-0.4, -0.2) is 96.7 Å². The van der Waals surface area contributed by atoms with Crippen LogP contribution in [0, 0.1) is 11.8 Å². The fourth-order valence-electron chi connectivity index (χ4n) is 12.9. The van der Waals surface area contributed by atoms with Gasteiger partial charge in [-0.15, -0.1) is 0 Å². The number of phosphoric ester groups is 2. The van der Waals surface area contributed by atoms with Crippen LogP contribution in [0.2, 0.25) is 0 Å². The van der Waals surface area contributed by atoms with Crippen LogP contribution in [-0.2, 0) is 65.4 Å². The molecule has 0 fully saturated rings. The summed E-state index contributed by atoms with van der Waals surface area (Å²) in [6.07, 6.45) is 65.3. The van der Waals surface area contributed by atoms with Gasteiger partial charge in [-0.25, -0.2) is 9.13 Å². The van der Waals surface area contributed by atoms with Crippen molar-refractivity contribution in [2.45, 2.75) is 458 Å². The summed E-state index contributed by atoms with van der Waals surface area (Å²) in [6.45, 7) is 9.62. The molecule has 0 spiro atoms. The molecule has 5 atom stereocenters. The van der Waals surface area contributed by atoms with Crippen LogP contribution in [0.25, 0.3) is 0 Å². The predicted molar refractivity (Wildman–Crippen MR) is 418 cm³/mol. The molecule has 3 N–H and O–H groups in total. The highest BCUT2D eigenvalue weighted by molar-refractivity contribution is 7.47. The third-order valence-corrected chi connectivity index (χ3v) is 21.4. The normalized spacial score (nSPS) is 13.9. The van der Waals surface area contributed by atoms with Gasteiger partial charge < -0.3 is 33.8 Å². The minimum Gasteiger partial charge on any atom is -0.462 e. The molecule has 0 aliphatic carbocycles. The summed E-state index contributed by atoms with van der Waals surface area (Å²) in [5.41, 5.74) is 0. The van der Waals surface area contributed by atoms with E-state index >= 15 is 0 Å². The van der Waals surface area contributed by atoms with Gasteiger partial charge in [0.2, 0.25) is 0 Å². The second-order valence-electron chi connectivity index (χ2n) is 30.8. The Morgan fingerprint density at radius 3 is 0.667 bits per heavy atom. The van der Waals surface area contributed by atoms with E-state index in [1.807, 2.05) is 0 Å². The van der Waals surface area contributed by atoms with Gasteiger partial charge in [0, 0.05) is 25.7 Å². The highest BCUT2D eigenvalue weighted by atomic mass is 31.2. The second-order valence-corrected chi connectivity index (χ2v) is 33.7. The van der Waals surface area contributed by atoms with Crippen LogP contribution in [0.1, 0.15) is 440 Å². The summed E-state index contributed by atoms with van der Waals surface area (Å²) >= 11 is 0. The highest BCUT2D eigenvalue weighted by Crippen LogP contribution is 2.45. The third kappa shape index (κ3) is 76.3. The molecule has 0 aromatic heterocycles. The minimum absolute atomic E-state index is 0.106. The van der Waals surface area contributed by atoms with Gasteiger partial charge in [-0.2, -0.15) is 0 Å².